The Morgan fingerprint density at radius 2 is 1.62 bits per heavy atom. The topological polar surface area (TPSA) is 159 Å². The number of hydrogen-bond acceptors (Lipinski definition) is 8. The van der Waals surface area contributed by atoms with Crippen LogP contribution in [0.3, 0.4) is 0 Å². The van der Waals surface area contributed by atoms with Crippen LogP contribution in [0.25, 0.3) is 0 Å². The first-order chi connectivity index (χ1) is 25.0. The maximum atomic E-state index is 14.4. The Morgan fingerprint density at radius 1 is 0.923 bits per heavy atom. The first-order valence-electron chi connectivity index (χ1n) is 18.1. The summed E-state index contributed by atoms with van der Waals surface area (Å²) in [7, 11) is 2.88. The lowest BCUT2D eigenvalue weighted by atomic mass is 10.0. The standard InChI is InChI=1S/C38H52FN7O6/c1-26(2)20-31-37(50)45(4)33(24-47)38(51)44(3)32(21-27-14-10-9-11-15-27)36(49)40-18-12-7-5-6-8-13-19-46-23-29(42-43-46)25-52-34-22-28(39)16-17-30(34)35(48)41-31/h9-11,14-17,22-23,26,31-33,47H,5-8,12-13,18-21,24-25H2,1-4H3,(H,40,49)(H,41,48)/t31-,32+,33-/m1/s1. The van der Waals surface area contributed by atoms with Crippen molar-refractivity contribution in [2.24, 2.45) is 5.92 Å². The second kappa shape index (κ2) is 19.7. The number of benzene rings is 2. The first kappa shape index (κ1) is 39.9. The van der Waals surface area contributed by atoms with Crippen LogP contribution in [-0.4, -0.2) is 98.9 Å². The third kappa shape index (κ3) is 11.3. The molecule has 3 aromatic rings. The molecule has 3 N–H and O–H groups in total. The van der Waals surface area contributed by atoms with Gasteiger partial charge in [0.15, 0.2) is 0 Å². The van der Waals surface area contributed by atoms with Crippen LogP contribution in [0, 0.1) is 11.7 Å². The SMILES string of the molecule is CC(C)C[C@H]1NC(=O)c2ccc(F)cc2OCc2cn(nn2)CCCCCCCCNC(=O)[C@H](Cc2ccccc2)N(C)C(=O)[C@@H](CO)N(C)C1=O. The highest BCUT2D eigenvalue weighted by molar-refractivity contribution is 6.00. The van der Waals surface area contributed by atoms with Crippen molar-refractivity contribution in [3.8, 4) is 5.75 Å². The average molecular weight is 722 g/mol. The monoisotopic (exact) mass is 721 g/mol. The normalized spacial score (nSPS) is 20.9. The number of likely N-dealkylation sites (N-methyl/N-ethyl adjacent to an activating group) is 2. The molecule has 4 amide bonds. The third-order valence-electron chi connectivity index (χ3n) is 9.24. The number of nitrogens with zero attached hydrogens (tertiary/aromatic N) is 5. The summed E-state index contributed by atoms with van der Waals surface area (Å²) in [6, 6.07) is 9.47. The van der Waals surface area contributed by atoms with Crippen LogP contribution in [0.5, 0.6) is 5.75 Å². The molecule has 14 heteroatoms. The lowest BCUT2D eigenvalue weighted by Gasteiger charge is -2.35. The number of carbonyl (C=O) groups excluding carboxylic acids is 4. The number of amides is 4. The molecule has 0 aliphatic carbocycles. The van der Waals surface area contributed by atoms with Gasteiger partial charge in [-0.15, -0.1) is 5.10 Å². The van der Waals surface area contributed by atoms with Crippen molar-refractivity contribution in [1.29, 1.82) is 0 Å². The maximum Gasteiger partial charge on any atom is 0.255 e. The van der Waals surface area contributed by atoms with Gasteiger partial charge in [-0.3, -0.25) is 23.9 Å². The fourth-order valence-corrected chi connectivity index (χ4v) is 6.23. The summed E-state index contributed by atoms with van der Waals surface area (Å²) >= 11 is 0. The van der Waals surface area contributed by atoms with Crippen LogP contribution in [0.4, 0.5) is 4.39 Å². The minimum Gasteiger partial charge on any atom is -0.486 e. The number of nitrogens with one attached hydrogen (secondary N) is 2. The Kier molecular flexibility index (Phi) is 15.1. The summed E-state index contributed by atoms with van der Waals surface area (Å²) in [5, 5.41) is 24.5. The molecule has 4 rings (SSSR count). The number of hydrogen-bond donors (Lipinski definition) is 3. The summed E-state index contributed by atoms with van der Waals surface area (Å²) in [6.45, 7) is 4.10. The first-order valence-corrected chi connectivity index (χ1v) is 18.1. The molecule has 2 aromatic carbocycles. The molecule has 13 nitrogen and oxygen atoms in total. The molecular formula is C38H52FN7O6. The predicted octanol–water partition coefficient (Wildman–Crippen LogP) is 3.50. The van der Waals surface area contributed by atoms with Crippen LogP contribution in [0.2, 0.25) is 0 Å². The highest BCUT2D eigenvalue weighted by Crippen LogP contribution is 2.23. The Morgan fingerprint density at radius 3 is 2.33 bits per heavy atom. The molecule has 0 fully saturated rings. The lowest BCUT2D eigenvalue weighted by Crippen LogP contribution is -2.59. The summed E-state index contributed by atoms with van der Waals surface area (Å²) in [4.78, 5) is 57.7. The molecule has 0 saturated carbocycles. The molecule has 1 aliphatic rings. The van der Waals surface area contributed by atoms with Crippen LogP contribution in [0.1, 0.15) is 80.4 Å². The molecule has 0 spiro atoms. The van der Waals surface area contributed by atoms with Gasteiger partial charge in [0.2, 0.25) is 17.7 Å². The zero-order chi connectivity index (χ0) is 37.6. The Hall–Kier alpha value is -4.85. The molecule has 282 valence electrons. The number of halogens is 1. The van der Waals surface area contributed by atoms with Gasteiger partial charge in [0.25, 0.3) is 5.91 Å². The number of ether oxygens (including phenoxy) is 1. The molecule has 0 unspecified atom stereocenters. The van der Waals surface area contributed by atoms with E-state index >= 15 is 0 Å². The van der Waals surface area contributed by atoms with Crippen LogP contribution in [0.15, 0.2) is 54.7 Å². The van der Waals surface area contributed by atoms with Gasteiger partial charge in [-0.25, -0.2) is 4.39 Å². The summed E-state index contributed by atoms with van der Waals surface area (Å²) in [5.41, 5.74) is 1.35. The minimum absolute atomic E-state index is 0.00345. The Balaban J connectivity index is 1.62. The van der Waals surface area contributed by atoms with Crippen molar-refractivity contribution in [2.75, 3.05) is 27.2 Å². The van der Waals surface area contributed by atoms with Crippen molar-refractivity contribution < 1.29 is 33.4 Å². The van der Waals surface area contributed by atoms with Gasteiger partial charge >= 0.3 is 0 Å². The maximum absolute atomic E-state index is 14.4. The van der Waals surface area contributed by atoms with E-state index < -0.39 is 48.3 Å². The molecular weight excluding hydrogens is 669 g/mol. The molecule has 0 radical (unpaired) electrons. The number of rotatable bonds is 5. The fourth-order valence-electron chi connectivity index (χ4n) is 6.23. The highest BCUT2D eigenvalue weighted by Gasteiger charge is 2.37. The van der Waals surface area contributed by atoms with E-state index in [1.165, 1.54) is 25.1 Å². The van der Waals surface area contributed by atoms with Crippen molar-refractivity contribution in [2.45, 2.75) is 96.5 Å². The van der Waals surface area contributed by atoms with E-state index in [0.29, 0.717) is 18.8 Å². The molecule has 52 heavy (non-hydrogen) atoms. The minimum atomic E-state index is -1.34. The van der Waals surface area contributed by atoms with E-state index in [4.69, 9.17) is 4.74 Å². The largest absolute Gasteiger partial charge is 0.486 e. The van der Waals surface area contributed by atoms with E-state index in [-0.39, 0.29) is 42.6 Å². The quantitative estimate of drug-likeness (QED) is 0.361. The fraction of sp³-hybridized carbons (Fsp3) is 0.526. The van der Waals surface area contributed by atoms with E-state index in [0.717, 1.165) is 61.1 Å². The molecule has 3 atom stereocenters. The molecule has 1 aromatic heterocycles. The van der Waals surface area contributed by atoms with Crippen molar-refractivity contribution in [3.63, 3.8) is 0 Å². The zero-order valence-electron chi connectivity index (χ0n) is 30.6. The van der Waals surface area contributed by atoms with E-state index in [9.17, 15) is 28.7 Å². The van der Waals surface area contributed by atoms with Gasteiger partial charge in [0.1, 0.15) is 42.0 Å². The summed E-state index contributed by atoms with van der Waals surface area (Å²) < 4.78 is 22.0. The van der Waals surface area contributed by atoms with Crippen molar-refractivity contribution in [1.82, 2.24) is 35.4 Å². The summed E-state index contributed by atoms with van der Waals surface area (Å²) in [6.07, 6.45) is 7.80. The average Bonchev–Trinajstić information content (AvgIpc) is 3.58. The number of aliphatic hydroxyl groups is 1. The number of aliphatic hydroxyl groups excluding tert-OH is 1. The van der Waals surface area contributed by atoms with Gasteiger partial charge in [0.05, 0.1) is 18.4 Å². The van der Waals surface area contributed by atoms with E-state index in [1.54, 1.807) is 10.9 Å². The number of aromatic nitrogens is 3. The second-order valence-corrected chi connectivity index (χ2v) is 13.8. The van der Waals surface area contributed by atoms with Crippen LogP contribution in [-0.2, 0) is 34.0 Å². The molecule has 1 aliphatic heterocycles. The molecule has 2 heterocycles. The van der Waals surface area contributed by atoms with Crippen LogP contribution >= 0.6 is 0 Å². The third-order valence-corrected chi connectivity index (χ3v) is 9.24. The van der Waals surface area contributed by atoms with Gasteiger partial charge < -0.3 is 30.3 Å². The van der Waals surface area contributed by atoms with E-state index in [1.807, 2.05) is 44.2 Å². The van der Waals surface area contributed by atoms with Crippen LogP contribution < -0.4 is 15.4 Å². The smallest absolute Gasteiger partial charge is 0.255 e. The van der Waals surface area contributed by atoms with Crippen molar-refractivity contribution >= 4 is 23.6 Å². The molecule has 0 saturated heterocycles. The van der Waals surface area contributed by atoms with E-state index in [2.05, 4.69) is 20.9 Å². The predicted molar refractivity (Wildman–Crippen MR) is 193 cm³/mol. The van der Waals surface area contributed by atoms with Gasteiger partial charge in [0, 0.05) is 39.7 Å². The Bertz CT molecular complexity index is 1630. The second-order valence-electron chi connectivity index (χ2n) is 13.8. The number of fused-ring (bicyclic) bond motifs is 3. The highest BCUT2D eigenvalue weighted by atomic mass is 19.1. The zero-order valence-corrected chi connectivity index (χ0v) is 30.6. The number of carbonyl (C=O) groups is 4. The van der Waals surface area contributed by atoms with Crippen molar-refractivity contribution in [3.05, 3.63) is 77.4 Å². The van der Waals surface area contributed by atoms with Gasteiger partial charge in [-0.2, -0.15) is 0 Å². The number of aryl methyl sites for hydroxylation is 1. The summed E-state index contributed by atoms with van der Waals surface area (Å²) in [5.74, 6) is -2.97. The Labute approximate surface area is 304 Å². The molecule has 2 bridgehead atoms. The van der Waals surface area contributed by atoms with Gasteiger partial charge in [-0.1, -0.05) is 75.1 Å². The van der Waals surface area contributed by atoms with Gasteiger partial charge in [-0.05, 0) is 42.9 Å². The lowest BCUT2D eigenvalue weighted by molar-refractivity contribution is -0.149.